The molecular formula is C16H17NO2. The molecule has 3 rings (SSSR count). The quantitative estimate of drug-likeness (QED) is 0.890. The zero-order chi connectivity index (χ0) is 13.1. The van der Waals surface area contributed by atoms with Crippen LogP contribution in [0.1, 0.15) is 24.4 Å². The SMILES string of the molecule is NC1CCCOc2ccc(Oc3ccccc3)cc21. The molecule has 98 valence electrons. The van der Waals surface area contributed by atoms with Crippen LogP contribution in [0.5, 0.6) is 17.2 Å². The van der Waals surface area contributed by atoms with Crippen LogP contribution in [-0.2, 0) is 0 Å². The molecule has 1 atom stereocenters. The maximum absolute atomic E-state index is 6.17. The van der Waals surface area contributed by atoms with Crippen molar-refractivity contribution in [1.82, 2.24) is 0 Å². The van der Waals surface area contributed by atoms with Crippen LogP contribution >= 0.6 is 0 Å². The van der Waals surface area contributed by atoms with Gasteiger partial charge >= 0.3 is 0 Å². The first kappa shape index (κ1) is 12.1. The molecule has 0 spiro atoms. The summed E-state index contributed by atoms with van der Waals surface area (Å²) < 4.78 is 11.5. The Morgan fingerprint density at radius 3 is 2.74 bits per heavy atom. The van der Waals surface area contributed by atoms with Gasteiger partial charge in [0.1, 0.15) is 17.2 Å². The normalized spacial score (nSPS) is 18.1. The van der Waals surface area contributed by atoms with Crippen LogP contribution in [0.15, 0.2) is 48.5 Å². The van der Waals surface area contributed by atoms with Gasteiger partial charge in [0.25, 0.3) is 0 Å². The highest BCUT2D eigenvalue weighted by Gasteiger charge is 2.17. The van der Waals surface area contributed by atoms with Crippen molar-refractivity contribution >= 4 is 0 Å². The van der Waals surface area contributed by atoms with Gasteiger partial charge in [-0.25, -0.2) is 0 Å². The molecule has 1 aliphatic rings. The highest BCUT2D eigenvalue weighted by atomic mass is 16.5. The smallest absolute Gasteiger partial charge is 0.128 e. The van der Waals surface area contributed by atoms with Crippen molar-refractivity contribution < 1.29 is 9.47 Å². The van der Waals surface area contributed by atoms with Crippen molar-refractivity contribution in [3.8, 4) is 17.2 Å². The predicted molar refractivity (Wildman–Crippen MR) is 74.6 cm³/mol. The Morgan fingerprint density at radius 2 is 1.89 bits per heavy atom. The number of benzene rings is 2. The van der Waals surface area contributed by atoms with Gasteiger partial charge in [0.15, 0.2) is 0 Å². The Labute approximate surface area is 113 Å². The standard InChI is InChI=1S/C16H17NO2/c17-15-7-4-10-18-16-9-8-13(11-14(15)16)19-12-5-2-1-3-6-12/h1-3,5-6,8-9,11,15H,4,7,10,17H2. The highest BCUT2D eigenvalue weighted by molar-refractivity contribution is 5.44. The first-order valence-corrected chi connectivity index (χ1v) is 6.58. The summed E-state index contributed by atoms with van der Waals surface area (Å²) in [6.07, 6.45) is 1.94. The fraction of sp³-hybridized carbons (Fsp3) is 0.250. The Morgan fingerprint density at radius 1 is 1.05 bits per heavy atom. The van der Waals surface area contributed by atoms with E-state index >= 15 is 0 Å². The second-order valence-electron chi connectivity index (χ2n) is 4.71. The summed E-state index contributed by atoms with van der Waals surface area (Å²) in [6, 6.07) is 15.6. The predicted octanol–water partition coefficient (Wildman–Crippen LogP) is 3.65. The Kier molecular flexibility index (Phi) is 3.38. The third-order valence-electron chi connectivity index (χ3n) is 3.28. The van der Waals surface area contributed by atoms with E-state index in [0.717, 1.165) is 42.3 Å². The minimum Gasteiger partial charge on any atom is -0.493 e. The summed E-state index contributed by atoms with van der Waals surface area (Å²) in [6.45, 7) is 0.736. The zero-order valence-electron chi connectivity index (χ0n) is 10.7. The van der Waals surface area contributed by atoms with E-state index < -0.39 is 0 Å². The average Bonchev–Trinajstić information content (AvgIpc) is 2.62. The molecule has 2 N–H and O–H groups in total. The third-order valence-corrected chi connectivity index (χ3v) is 3.28. The van der Waals surface area contributed by atoms with Gasteiger partial charge in [-0.2, -0.15) is 0 Å². The molecule has 2 aromatic rings. The molecule has 3 nitrogen and oxygen atoms in total. The number of hydrogen-bond donors (Lipinski definition) is 1. The van der Waals surface area contributed by atoms with Crippen molar-refractivity contribution in [2.24, 2.45) is 5.73 Å². The first-order valence-electron chi connectivity index (χ1n) is 6.58. The van der Waals surface area contributed by atoms with Crippen LogP contribution in [-0.4, -0.2) is 6.61 Å². The molecule has 2 aromatic carbocycles. The number of hydrogen-bond acceptors (Lipinski definition) is 3. The molecule has 19 heavy (non-hydrogen) atoms. The number of fused-ring (bicyclic) bond motifs is 1. The molecule has 3 heteroatoms. The maximum atomic E-state index is 6.17. The molecule has 0 aliphatic carbocycles. The second kappa shape index (κ2) is 5.33. The minimum atomic E-state index is 0.0248. The van der Waals surface area contributed by atoms with E-state index in [9.17, 15) is 0 Å². The molecule has 1 heterocycles. The van der Waals surface area contributed by atoms with E-state index in [4.69, 9.17) is 15.2 Å². The summed E-state index contributed by atoms with van der Waals surface area (Å²) in [7, 11) is 0. The maximum Gasteiger partial charge on any atom is 0.128 e. The van der Waals surface area contributed by atoms with Gasteiger partial charge in [-0.05, 0) is 43.2 Å². The number of para-hydroxylation sites is 1. The molecular weight excluding hydrogens is 238 g/mol. The van der Waals surface area contributed by atoms with Crippen molar-refractivity contribution in [3.05, 3.63) is 54.1 Å². The van der Waals surface area contributed by atoms with Crippen LogP contribution in [0.3, 0.4) is 0 Å². The molecule has 0 saturated heterocycles. The zero-order valence-corrected chi connectivity index (χ0v) is 10.7. The largest absolute Gasteiger partial charge is 0.493 e. The summed E-state index contributed by atoms with van der Waals surface area (Å²) in [5, 5.41) is 0. The molecule has 0 bridgehead atoms. The molecule has 0 fully saturated rings. The summed E-state index contributed by atoms with van der Waals surface area (Å²) in [4.78, 5) is 0. The van der Waals surface area contributed by atoms with Crippen molar-refractivity contribution in [3.63, 3.8) is 0 Å². The van der Waals surface area contributed by atoms with Gasteiger partial charge in [0.05, 0.1) is 6.61 Å². The Hall–Kier alpha value is -2.00. The lowest BCUT2D eigenvalue weighted by atomic mass is 10.0. The third kappa shape index (κ3) is 2.71. The second-order valence-corrected chi connectivity index (χ2v) is 4.71. The van der Waals surface area contributed by atoms with Gasteiger partial charge in [0.2, 0.25) is 0 Å². The molecule has 1 aliphatic heterocycles. The van der Waals surface area contributed by atoms with Crippen LogP contribution in [0, 0.1) is 0 Å². The monoisotopic (exact) mass is 255 g/mol. The summed E-state index contributed by atoms with van der Waals surface area (Å²) in [5.41, 5.74) is 7.21. The number of rotatable bonds is 2. The van der Waals surface area contributed by atoms with E-state index in [-0.39, 0.29) is 6.04 Å². The first-order chi connectivity index (χ1) is 9.33. The summed E-state index contributed by atoms with van der Waals surface area (Å²) >= 11 is 0. The van der Waals surface area contributed by atoms with Crippen molar-refractivity contribution in [1.29, 1.82) is 0 Å². The van der Waals surface area contributed by atoms with E-state index in [0.29, 0.717) is 0 Å². The van der Waals surface area contributed by atoms with Crippen molar-refractivity contribution in [2.45, 2.75) is 18.9 Å². The van der Waals surface area contributed by atoms with Gasteiger partial charge in [0, 0.05) is 11.6 Å². The lowest BCUT2D eigenvalue weighted by Crippen LogP contribution is -2.09. The fourth-order valence-electron chi connectivity index (χ4n) is 2.28. The fourth-order valence-corrected chi connectivity index (χ4v) is 2.28. The van der Waals surface area contributed by atoms with Gasteiger partial charge in [-0.15, -0.1) is 0 Å². The lowest BCUT2D eigenvalue weighted by Gasteiger charge is -2.14. The van der Waals surface area contributed by atoms with Crippen LogP contribution in [0.4, 0.5) is 0 Å². The van der Waals surface area contributed by atoms with E-state index in [1.165, 1.54) is 0 Å². The van der Waals surface area contributed by atoms with Crippen LogP contribution in [0.2, 0.25) is 0 Å². The van der Waals surface area contributed by atoms with E-state index in [1.54, 1.807) is 0 Å². The average molecular weight is 255 g/mol. The highest BCUT2D eigenvalue weighted by Crippen LogP contribution is 2.34. The molecule has 1 unspecified atom stereocenters. The minimum absolute atomic E-state index is 0.0248. The van der Waals surface area contributed by atoms with Crippen molar-refractivity contribution in [2.75, 3.05) is 6.61 Å². The molecule has 0 radical (unpaired) electrons. The number of nitrogens with two attached hydrogens (primary N) is 1. The van der Waals surface area contributed by atoms with Gasteiger partial charge < -0.3 is 15.2 Å². The lowest BCUT2D eigenvalue weighted by molar-refractivity contribution is 0.316. The summed E-state index contributed by atoms with van der Waals surface area (Å²) in [5.74, 6) is 2.50. The van der Waals surface area contributed by atoms with Crippen LogP contribution < -0.4 is 15.2 Å². The number of ether oxygens (including phenoxy) is 2. The van der Waals surface area contributed by atoms with E-state index in [1.807, 2.05) is 48.5 Å². The molecule has 0 saturated carbocycles. The van der Waals surface area contributed by atoms with Gasteiger partial charge in [-0.3, -0.25) is 0 Å². The van der Waals surface area contributed by atoms with E-state index in [2.05, 4.69) is 0 Å². The molecule has 0 aromatic heterocycles. The van der Waals surface area contributed by atoms with Crippen LogP contribution in [0.25, 0.3) is 0 Å². The topological polar surface area (TPSA) is 44.5 Å². The Balaban J connectivity index is 1.88. The molecule has 0 amide bonds. The van der Waals surface area contributed by atoms with Gasteiger partial charge in [-0.1, -0.05) is 18.2 Å². The Bertz CT molecular complexity index is 554.